The van der Waals surface area contributed by atoms with Gasteiger partial charge in [-0.2, -0.15) is 0 Å². The van der Waals surface area contributed by atoms with Crippen LogP contribution in [0.25, 0.3) is 0 Å². The molecule has 3 heteroatoms. The van der Waals surface area contributed by atoms with Gasteiger partial charge in [0.25, 0.3) is 0 Å². The lowest BCUT2D eigenvalue weighted by Gasteiger charge is -2.37. The van der Waals surface area contributed by atoms with Gasteiger partial charge in [-0.3, -0.25) is 4.79 Å². The summed E-state index contributed by atoms with van der Waals surface area (Å²) in [6.07, 6.45) is 0.575. The van der Waals surface area contributed by atoms with Crippen molar-refractivity contribution in [2.75, 3.05) is 0 Å². The van der Waals surface area contributed by atoms with Crippen LogP contribution < -0.4 is 5.32 Å². The predicted molar refractivity (Wildman–Crippen MR) is 46.9 cm³/mol. The summed E-state index contributed by atoms with van der Waals surface area (Å²) in [7, 11) is 0. The van der Waals surface area contributed by atoms with Gasteiger partial charge >= 0.3 is 0 Å². The minimum atomic E-state index is -0.450. The Bertz CT molecular complexity index is 187. The summed E-state index contributed by atoms with van der Waals surface area (Å²) in [4.78, 5) is 11.2. The number of carbonyl (C=O) groups excluding carboxylic acids is 1. The summed E-state index contributed by atoms with van der Waals surface area (Å²) >= 11 is 0. The Labute approximate surface area is 73.2 Å². The van der Waals surface area contributed by atoms with Crippen molar-refractivity contribution in [2.45, 2.75) is 51.3 Å². The number of hydrogen-bond donors (Lipinski definition) is 2. The molecular weight excluding hydrogens is 154 g/mol. The average Bonchev–Trinajstić information content (AvgIpc) is 1.82. The molecule has 1 saturated heterocycles. The van der Waals surface area contributed by atoms with Crippen LogP contribution in [0.5, 0.6) is 0 Å². The lowest BCUT2D eigenvalue weighted by atomic mass is 9.87. The zero-order valence-electron chi connectivity index (χ0n) is 7.92. The van der Waals surface area contributed by atoms with Crippen LogP contribution in [0.1, 0.15) is 33.6 Å². The molecule has 0 bridgehead atoms. The summed E-state index contributed by atoms with van der Waals surface area (Å²) in [5.74, 6) is 0.240. The SMILES string of the molecule is C[C@H](O)C1CC(=O)CC(C)(C)N1. The van der Waals surface area contributed by atoms with Crippen LogP contribution in [0, 0.1) is 0 Å². The Hall–Kier alpha value is -0.410. The van der Waals surface area contributed by atoms with Gasteiger partial charge in [-0.05, 0) is 20.8 Å². The number of nitrogens with one attached hydrogen (secondary N) is 1. The fourth-order valence-corrected chi connectivity index (χ4v) is 1.71. The van der Waals surface area contributed by atoms with Gasteiger partial charge < -0.3 is 10.4 Å². The molecule has 1 fully saturated rings. The molecule has 3 nitrogen and oxygen atoms in total. The van der Waals surface area contributed by atoms with E-state index >= 15 is 0 Å². The van der Waals surface area contributed by atoms with Crippen LogP contribution in [0.3, 0.4) is 0 Å². The molecule has 2 atom stereocenters. The molecule has 0 aromatic heterocycles. The molecule has 0 aromatic carbocycles. The second-order valence-corrected chi connectivity index (χ2v) is 4.29. The number of aliphatic hydroxyl groups is 1. The second-order valence-electron chi connectivity index (χ2n) is 4.29. The largest absolute Gasteiger partial charge is 0.392 e. The number of hydrogen-bond acceptors (Lipinski definition) is 3. The van der Waals surface area contributed by atoms with Crippen LogP contribution in [0.4, 0.5) is 0 Å². The number of aliphatic hydroxyl groups excluding tert-OH is 1. The standard InChI is InChI=1S/C9H17NO2/c1-6(11)8-4-7(12)5-9(2,3)10-8/h6,8,10-11H,4-5H2,1-3H3/t6-,8?/m0/s1. The number of ketones is 1. The Balaban J connectivity index is 2.64. The van der Waals surface area contributed by atoms with Crippen LogP contribution in [-0.4, -0.2) is 28.6 Å². The molecule has 1 heterocycles. The first-order valence-corrected chi connectivity index (χ1v) is 4.38. The van der Waals surface area contributed by atoms with Gasteiger partial charge in [-0.15, -0.1) is 0 Å². The lowest BCUT2D eigenvalue weighted by molar-refractivity contribution is -0.124. The van der Waals surface area contributed by atoms with Crippen molar-refractivity contribution in [1.82, 2.24) is 5.32 Å². The molecule has 1 rings (SSSR count). The van der Waals surface area contributed by atoms with Gasteiger partial charge in [-0.1, -0.05) is 0 Å². The van der Waals surface area contributed by atoms with E-state index in [0.717, 1.165) is 0 Å². The Morgan fingerprint density at radius 1 is 1.67 bits per heavy atom. The third kappa shape index (κ3) is 2.29. The van der Waals surface area contributed by atoms with Crippen LogP contribution >= 0.6 is 0 Å². The average molecular weight is 171 g/mol. The number of Topliss-reactive ketones (excluding diaryl/α,β-unsaturated/α-hetero) is 1. The zero-order chi connectivity index (χ0) is 9.35. The Morgan fingerprint density at radius 3 is 2.67 bits per heavy atom. The van der Waals surface area contributed by atoms with Crippen molar-refractivity contribution in [3.8, 4) is 0 Å². The highest BCUT2D eigenvalue weighted by molar-refractivity contribution is 5.81. The molecule has 70 valence electrons. The van der Waals surface area contributed by atoms with E-state index in [-0.39, 0.29) is 17.4 Å². The molecule has 12 heavy (non-hydrogen) atoms. The van der Waals surface area contributed by atoms with Gasteiger partial charge in [0.05, 0.1) is 6.10 Å². The van der Waals surface area contributed by atoms with Crippen molar-refractivity contribution in [3.05, 3.63) is 0 Å². The minimum absolute atomic E-state index is 0.0683. The molecule has 0 aliphatic carbocycles. The molecule has 0 aromatic rings. The smallest absolute Gasteiger partial charge is 0.136 e. The molecular formula is C9H17NO2. The normalized spacial score (nSPS) is 31.7. The fraction of sp³-hybridized carbons (Fsp3) is 0.889. The van der Waals surface area contributed by atoms with Crippen LogP contribution in [0.15, 0.2) is 0 Å². The third-order valence-corrected chi connectivity index (χ3v) is 2.25. The van der Waals surface area contributed by atoms with Gasteiger partial charge in [-0.25, -0.2) is 0 Å². The third-order valence-electron chi connectivity index (χ3n) is 2.25. The van der Waals surface area contributed by atoms with Crippen LogP contribution in [0.2, 0.25) is 0 Å². The minimum Gasteiger partial charge on any atom is -0.392 e. The first-order valence-electron chi connectivity index (χ1n) is 4.38. The number of rotatable bonds is 1. The topological polar surface area (TPSA) is 49.3 Å². The fourth-order valence-electron chi connectivity index (χ4n) is 1.71. The molecule has 1 unspecified atom stereocenters. The first kappa shape index (κ1) is 9.68. The highest BCUT2D eigenvalue weighted by Crippen LogP contribution is 2.20. The van der Waals surface area contributed by atoms with E-state index in [1.54, 1.807) is 6.92 Å². The van der Waals surface area contributed by atoms with E-state index < -0.39 is 6.10 Å². The van der Waals surface area contributed by atoms with E-state index in [9.17, 15) is 9.90 Å². The van der Waals surface area contributed by atoms with Crippen molar-refractivity contribution in [2.24, 2.45) is 0 Å². The summed E-state index contributed by atoms with van der Waals surface area (Å²) in [6.45, 7) is 5.69. The monoisotopic (exact) mass is 171 g/mol. The molecule has 2 N–H and O–H groups in total. The van der Waals surface area contributed by atoms with E-state index in [1.165, 1.54) is 0 Å². The molecule has 0 saturated carbocycles. The van der Waals surface area contributed by atoms with Crippen molar-refractivity contribution in [1.29, 1.82) is 0 Å². The summed E-state index contributed by atoms with van der Waals surface area (Å²) in [5, 5.41) is 12.6. The quantitative estimate of drug-likeness (QED) is 0.603. The van der Waals surface area contributed by atoms with E-state index in [0.29, 0.717) is 12.8 Å². The van der Waals surface area contributed by atoms with Gasteiger partial charge in [0.1, 0.15) is 5.78 Å². The van der Waals surface area contributed by atoms with Gasteiger partial charge in [0, 0.05) is 24.4 Å². The van der Waals surface area contributed by atoms with Crippen LogP contribution in [-0.2, 0) is 4.79 Å². The summed E-state index contributed by atoms with van der Waals surface area (Å²) < 4.78 is 0. The summed E-state index contributed by atoms with van der Waals surface area (Å²) in [5.41, 5.74) is -0.156. The van der Waals surface area contributed by atoms with E-state index in [1.807, 2.05) is 13.8 Å². The molecule has 0 amide bonds. The van der Waals surface area contributed by atoms with Crippen molar-refractivity contribution >= 4 is 5.78 Å². The van der Waals surface area contributed by atoms with E-state index in [2.05, 4.69) is 5.32 Å². The van der Waals surface area contributed by atoms with E-state index in [4.69, 9.17) is 0 Å². The van der Waals surface area contributed by atoms with Gasteiger partial charge in [0.2, 0.25) is 0 Å². The summed E-state index contributed by atoms with van der Waals surface area (Å²) in [6, 6.07) is -0.0683. The highest BCUT2D eigenvalue weighted by atomic mass is 16.3. The number of piperidine rings is 1. The highest BCUT2D eigenvalue weighted by Gasteiger charge is 2.33. The maximum Gasteiger partial charge on any atom is 0.136 e. The first-order chi connectivity index (χ1) is 5.41. The number of carbonyl (C=O) groups is 1. The van der Waals surface area contributed by atoms with Crippen molar-refractivity contribution in [3.63, 3.8) is 0 Å². The lowest BCUT2D eigenvalue weighted by Crippen LogP contribution is -2.56. The zero-order valence-corrected chi connectivity index (χ0v) is 7.92. The predicted octanol–water partition coefficient (Wildman–Crippen LogP) is 0.467. The Morgan fingerprint density at radius 2 is 2.25 bits per heavy atom. The Kier molecular flexibility index (Phi) is 2.54. The maximum atomic E-state index is 11.2. The molecule has 0 spiro atoms. The molecule has 1 aliphatic heterocycles. The second kappa shape index (κ2) is 3.15. The maximum absolute atomic E-state index is 11.2. The van der Waals surface area contributed by atoms with Gasteiger partial charge in [0.15, 0.2) is 0 Å². The molecule has 1 aliphatic rings. The molecule has 0 radical (unpaired) electrons. The van der Waals surface area contributed by atoms with Crippen molar-refractivity contribution < 1.29 is 9.90 Å².